The topological polar surface area (TPSA) is 70.0 Å². The smallest absolute Gasteiger partial charge is 0.140 e. The van der Waals surface area contributed by atoms with Crippen LogP contribution in [0.2, 0.25) is 0 Å². The number of halogens is 2. The highest BCUT2D eigenvalue weighted by atomic mass is 35.5. The molecule has 0 amide bonds. The van der Waals surface area contributed by atoms with Crippen LogP contribution < -0.4 is 5.73 Å². The number of hydrogen-bond donors (Lipinski definition) is 2. The minimum Gasteiger partial charge on any atom is -0.391 e. The van der Waals surface area contributed by atoms with Crippen LogP contribution in [0.3, 0.4) is 0 Å². The zero-order valence-electron chi connectivity index (χ0n) is 8.14. The Balaban J connectivity index is 0.00000196. The van der Waals surface area contributed by atoms with Crippen LogP contribution >= 0.6 is 12.4 Å². The summed E-state index contributed by atoms with van der Waals surface area (Å²) >= 11 is 0. The molecule has 0 saturated carbocycles. The fourth-order valence-corrected chi connectivity index (χ4v) is 1.11. The summed E-state index contributed by atoms with van der Waals surface area (Å²) in [5, 5.41) is 17.8. The Morgan fingerprint density at radius 2 is 2.13 bits per heavy atom. The quantitative estimate of drug-likeness (QED) is 0.809. The molecule has 0 heterocycles. The highest BCUT2D eigenvalue weighted by molar-refractivity contribution is 5.85. The molecule has 3 N–H and O–H groups in total. The highest BCUT2D eigenvalue weighted by Crippen LogP contribution is 2.17. The van der Waals surface area contributed by atoms with E-state index in [0.717, 1.165) is 0 Å². The summed E-state index contributed by atoms with van der Waals surface area (Å²) in [7, 11) is 0. The third kappa shape index (κ3) is 3.17. The van der Waals surface area contributed by atoms with E-state index in [1.54, 1.807) is 13.0 Å². The number of nitriles is 1. The second-order valence-corrected chi connectivity index (χ2v) is 3.12. The van der Waals surface area contributed by atoms with Gasteiger partial charge in [0.2, 0.25) is 0 Å². The zero-order chi connectivity index (χ0) is 10.7. The Labute approximate surface area is 93.7 Å². The summed E-state index contributed by atoms with van der Waals surface area (Å²) in [6, 6.07) is 5.12. The minimum atomic E-state index is -0.730. The molecule has 2 atom stereocenters. The molecule has 0 aromatic heterocycles. The molecule has 0 aliphatic heterocycles. The van der Waals surface area contributed by atoms with Crippen molar-refractivity contribution in [2.75, 3.05) is 0 Å². The molecule has 0 aliphatic carbocycles. The second kappa shape index (κ2) is 5.66. The van der Waals surface area contributed by atoms with E-state index in [-0.39, 0.29) is 18.0 Å². The van der Waals surface area contributed by atoms with Crippen molar-refractivity contribution >= 4 is 12.4 Å². The number of aliphatic hydroxyl groups is 1. The largest absolute Gasteiger partial charge is 0.391 e. The summed E-state index contributed by atoms with van der Waals surface area (Å²) in [5.41, 5.74) is 6.13. The standard InChI is InChI=1S/C10H11FN2O.ClH/c1-6(14)10(13)7-2-3-9(11)8(4-7)5-12;/h2-4,6,10,14H,13H2,1H3;1H/t6-,10-;/m0./s1. The van der Waals surface area contributed by atoms with Gasteiger partial charge in [-0.25, -0.2) is 4.39 Å². The van der Waals surface area contributed by atoms with Gasteiger partial charge in [0.1, 0.15) is 11.9 Å². The van der Waals surface area contributed by atoms with Crippen LogP contribution in [0.25, 0.3) is 0 Å². The first kappa shape index (κ1) is 13.8. The van der Waals surface area contributed by atoms with Crippen LogP contribution in [0.4, 0.5) is 4.39 Å². The summed E-state index contributed by atoms with van der Waals surface area (Å²) in [4.78, 5) is 0. The molecule has 0 radical (unpaired) electrons. The van der Waals surface area contributed by atoms with Crippen molar-refractivity contribution in [1.82, 2.24) is 0 Å². The van der Waals surface area contributed by atoms with Gasteiger partial charge in [0.15, 0.2) is 0 Å². The molecule has 0 fully saturated rings. The van der Waals surface area contributed by atoms with Crippen molar-refractivity contribution in [3.05, 3.63) is 35.1 Å². The van der Waals surface area contributed by atoms with Gasteiger partial charge in [-0.3, -0.25) is 0 Å². The predicted molar refractivity (Wildman–Crippen MR) is 57.0 cm³/mol. The third-order valence-electron chi connectivity index (χ3n) is 2.02. The Hall–Kier alpha value is -1.15. The molecule has 1 aromatic rings. The summed E-state index contributed by atoms with van der Waals surface area (Å²) in [6.45, 7) is 1.54. The normalized spacial score (nSPS) is 13.5. The molecule has 0 unspecified atom stereocenters. The van der Waals surface area contributed by atoms with Crippen molar-refractivity contribution in [3.63, 3.8) is 0 Å². The Kier molecular flexibility index (Phi) is 5.23. The summed E-state index contributed by atoms with van der Waals surface area (Å²) in [5.74, 6) is -0.575. The van der Waals surface area contributed by atoms with Crippen LogP contribution in [0.1, 0.15) is 24.1 Å². The molecule has 1 aromatic carbocycles. The molecule has 3 nitrogen and oxygen atoms in total. The first-order chi connectivity index (χ1) is 6.56. The van der Waals surface area contributed by atoms with Gasteiger partial charge < -0.3 is 10.8 Å². The summed E-state index contributed by atoms with van der Waals surface area (Å²) in [6.07, 6.45) is -0.730. The number of nitrogens with zero attached hydrogens (tertiary/aromatic N) is 1. The molecule has 0 saturated heterocycles. The van der Waals surface area contributed by atoms with Gasteiger partial charge in [-0.2, -0.15) is 5.26 Å². The number of aliphatic hydroxyl groups excluding tert-OH is 1. The monoisotopic (exact) mass is 230 g/mol. The fraction of sp³-hybridized carbons (Fsp3) is 0.300. The van der Waals surface area contributed by atoms with E-state index in [0.29, 0.717) is 5.56 Å². The summed E-state index contributed by atoms with van der Waals surface area (Å²) < 4.78 is 12.9. The van der Waals surface area contributed by atoms with Crippen molar-refractivity contribution in [2.45, 2.75) is 19.1 Å². The molecular weight excluding hydrogens is 219 g/mol. The van der Waals surface area contributed by atoms with Crippen molar-refractivity contribution < 1.29 is 9.50 Å². The van der Waals surface area contributed by atoms with Gasteiger partial charge in [-0.1, -0.05) is 6.07 Å². The van der Waals surface area contributed by atoms with Gasteiger partial charge in [0, 0.05) is 0 Å². The molecule has 1 rings (SSSR count). The number of nitrogens with two attached hydrogens (primary N) is 1. The fourth-order valence-electron chi connectivity index (χ4n) is 1.11. The van der Waals surface area contributed by atoms with E-state index in [4.69, 9.17) is 11.0 Å². The average Bonchev–Trinajstić information content (AvgIpc) is 2.17. The first-order valence-electron chi connectivity index (χ1n) is 4.19. The lowest BCUT2D eigenvalue weighted by Gasteiger charge is -2.15. The van der Waals surface area contributed by atoms with E-state index < -0.39 is 18.0 Å². The SMILES string of the molecule is C[C@H](O)[C@H](N)c1ccc(F)c(C#N)c1.Cl. The molecule has 15 heavy (non-hydrogen) atoms. The minimum absolute atomic E-state index is 0. The van der Waals surface area contributed by atoms with Crippen LogP contribution in [-0.2, 0) is 0 Å². The van der Waals surface area contributed by atoms with E-state index in [9.17, 15) is 9.50 Å². The molecule has 0 spiro atoms. The van der Waals surface area contributed by atoms with Crippen LogP contribution in [0.15, 0.2) is 18.2 Å². The highest BCUT2D eigenvalue weighted by Gasteiger charge is 2.13. The predicted octanol–water partition coefficient (Wildman–Crippen LogP) is 1.50. The Morgan fingerprint density at radius 1 is 1.53 bits per heavy atom. The number of hydrogen-bond acceptors (Lipinski definition) is 3. The average molecular weight is 231 g/mol. The molecule has 0 aliphatic rings. The van der Waals surface area contributed by atoms with Gasteiger partial charge in [-0.15, -0.1) is 12.4 Å². The molecule has 82 valence electrons. The van der Waals surface area contributed by atoms with E-state index in [1.807, 2.05) is 0 Å². The maximum absolute atomic E-state index is 12.9. The van der Waals surface area contributed by atoms with Gasteiger partial charge in [-0.05, 0) is 24.6 Å². The lowest BCUT2D eigenvalue weighted by atomic mass is 10.0. The van der Waals surface area contributed by atoms with Crippen LogP contribution in [0.5, 0.6) is 0 Å². The van der Waals surface area contributed by atoms with Gasteiger partial charge >= 0.3 is 0 Å². The number of benzene rings is 1. The maximum atomic E-state index is 12.9. The van der Waals surface area contributed by atoms with Crippen LogP contribution in [-0.4, -0.2) is 11.2 Å². The van der Waals surface area contributed by atoms with Crippen LogP contribution in [0, 0.1) is 17.1 Å². The molecule has 5 heteroatoms. The first-order valence-corrected chi connectivity index (χ1v) is 4.19. The number of rotatable bonds is 2. The van der Waals surface area contributed by atoms with Crippen molar-refractivity contribution in [2.24, 2.45) is 5.73 Å². The molecule has 0 bridgehead atoms. The van der Waals surface area contributed by atoms with Gasteiger partial charge in [0.25, 0.3) is 0 Å². The Morgan fingerprint density at radius 3 is 2.60 bits per heavy atom. The zero-order valence-corrected chi connectivity index (χ0v) is 8.96. The lowest BCUT2D eigenvalue weighted by Crippen LogP contribution is -2.23. The molecular formula is C10H12ClFN2O. The van der Waals surface area contributed by atoms with Gasteiger partial charge in [0.05, 0.1) is 17.7 Å². The van der Waals surface area contributed by atoms with E-state index >= 15 is 0 Å². The van der Waals surface area contributed by atoms with Crippen molar-refractivity contribution in [1.29, 1.82) is 5.26 Å². The van der Waals surface area contributed by atoms with E-state index in [2.05, 4.69) is 0 Å². The Bertz CT molecular complexity index is 376. The second-order valence-electron chi connectivity index (χ2n) is 3.12. The third-order valence-corrected chi connectivity index (χ3v) is 2.02. The maximum Gasteiger partial charge on any atom is 0.140 e. The lowest BCUT2D eigenvalue weighted by molar-refractivity contribution is 0.164. The van der Waals surface area contributed by atoms with Crippen molar-refractivity contribution in [3.8, 4) is 6.07 Å². The van der Waals surface area contributed by atoms with E-state index in [1.165, 1.54) is 18.2 Å².